The van der Waals surface area contributed by atoms with Gasteiger partial charge in [-0.1, -0.05) is 29.8 Å². The molecule has 0 aliphatic heterocycles. The van der Waals surface area contributed by atoms with Crippen molar-refractivity contribution in [3.05, 3.63) is 70.2 Å². The Morgan fingerprint density at radius 1 is 1.18 bits per heavy atom. The van der Waals surface area contributed by atoms with Crippen LogP contribution in [0.3, 0.4) is 0 Å². The first-order chi connectivity index (χ1) is 10.7. The van der Waals surface area contributed by atoms with Crippen molar-refractivity contribution in [3.8, 4) is 22.4 Å². The average Bonchev–Trinajstić information content (AvgIpc) is 3.03. The van der Waals surface area contributed by atoms with E-state index in [0.29, 0.717) is 22.9 Å². The van der Waals surface area contributed by atoms with Crippen molar-refractivity contribution in [2.24, 2.45) is 0 Å². The Morgan fingerprint density at radius 2 is 2.00 bits per heavy atom. The summed E-state index contributed by atoms with van der Waals surface area (Å²) in [5.74, 6) is 0.667. The second-order valence-electron chi connectivity index (χ2n) is 4.58. The van der Waals surface area contributed by atoms with Crippen LogP contribution in [0.2, 0.25) is 5.02 Å². The first-order valence-corrected chi connectivity index (χ1v) is 7.84. The minimum atomic E-state index is 0.374. The third-order valence-electron chi connectivity index (χ3n) is 2.99. The van der Waals surface area contributed by atoms with Crippen LogP contribution in [0.5, 0.6) is 5.75 Å². The molecule has 108 valence electrons. The molecule has 0 amide bonds. The lowest BCUT2D eigenvalue weighted by Gasteiger charge is -2.04. The van der Waals surface area contributed by atoms with Gasteiger partial charge in [-0.25, -0.2) is 4.98 Å². The molecule has 0 aliphatic carbocycles. The molecule has 0 saturated carbocycles. The lowest BCUT2D eigenvalue weighted by atomic mass is 10.2. The Bertz CT molecular complexity index is 821. The van der Waals surface area contributed by atoms with Gasteiger partial charge in [0, 0.05) is 16.0 Å². The predicted octanol–water partition coefficient (Wildman–Crippen LogP) is 4.91. The van der Waals surface area contributed by atoms with E-state index in [-0.39, 0.29) is 0 Å². The molecule has 1 heterocycles. The van der Waals surface area contributed by atoms with Crippen molar-refractivity contribution in [2.75, 3.05) is 0 Å². The largest absolute Gasteiger partial charge is 0.487 e. The summed E-state index contributed by atoms with van der Waals surface area (Å²) < 4.78 is 5.67. The first kappa shape index (κ1) is 14.6. The molecule has 2 aromatic carbocycles. The smallest absolute Gasteiger partial charge is 0.131 e. The highest BCUT2D eigenvalue weighted by Gasteiger charge is 2.06. The lowest BCUT2D eigenvalue weighted by Crippen LogP contribution is -1.96. The zero-order valence-electron chi connectivity index (χ0n) is 11.5. The number of hydrogen-bond acceptors (Lipinski definition) is 4. The highest BCUT2D eigenvalue weighted by atomic mass is 35.5. The fourth-order valence-electron chi connectivity index (χ4n) is 1.91. The van der Waals surface area contributed by atoms with E-state index in [9.17, 15) is 0 Å². The van der Waals surface area contributed by atoms with Crippen LogP contribution in [0.1, 0.15) is 11.3 Å². The van der Waals surface area contributed by atoms with E-state index >= 15 is 0 Å². The van der Waals surface area contributed by atoms with E-state index in [1.165, 1.54) is 0 Å². The molecule has 0 saturated heterocycles. The maximum Gasteiger partial charge on any atom is 0.131 e. The molecule has 3 rings (SSSR count). The fraction of sp³-hybridized carbons (Fsp3) is 0.0588. The quantitative estimate of drug-likeness (QED) is 0.684. The molecular weight excluding hydrogens is 316 g/mol. The van der Waals surface area contributed by atoms with Crippen molar-refractivity contribution >= 4 is 22.9 Å². The molecule has 3 nitrogen and oxygen atoms in total. The third-order valence-corrected chi connectivity index (χ3v) is 4.18. The molecule has 5 heteroatoms. The monoisotopic (exact) mass is 326 g/mol. The highest BCUT2D eigenvalue weighted by Crippen LogP contribution is 2.25. The van der Waals surface area contributed by atoms with Gasteiger partial charge in [0.1, 0.15) is 17.4 Å². The second-order valence-corrected chi connectivity index (χ2v) is 5.87. The Hall–Kier alpha value is -2.35. The summed E-state index contributed by atoms with van der Waals surface area (Å²) in [6, 6.07) is 16.8. The molecule has 0 unspecified atom stereocenters. The van der Waals surface area contributed by atoms with Gasteiger partial charge >= 0.3 is 0 Å². The summed E-state index contributed by atoms with van der Waals surface area (Å²) in [5, 5.41) is 12.5. The number of nitrogens with zero attached hydrogens (tertiary/aromatic N) is 2. The van der Waals surface area contributed by atoms with Crippen LogP contribution in [0.25, 0.3) is 10.6 Å². The molecular formula is C17H11ClN2OS. The molecule has 1 aromatic heterocycles. The molecule has 0 aliphatic rings. The number of rotatable bonds is 4. The fourth-order valence-corrected chi connectivity index (χ4v) is 2.85. The van der Waals surface area contributed by atoms with Gasteiger partial charge in [0.25, 0.3) is 0 Å². The normalized spacial score (nSPS) is 10.2. The van der Waals surface area contributed by atoms with Crippen molar-refractivity contribution < 1.29 is 4.74 Å². The lowest BCUT2D eigenvalue weighted by molar-refractivity contribution is 0.302. The molecule has 0 fully saturated rings. The number of nitriles is 1. The second kappa shape index (κ2) is 6.61. The Morgan fingerprint density at radius 3 is 2.77 bits per heavy atom. The molecule has 3 aromatic rings. The van der Waals surface area contributed by atoms with Crippen LogP contribution in [-0.2, 0) is 6.61 Å². The van der Waals surface area contributed by atoms with Crippen LogP contribution in [0.15, 0.2) is 53.9 Å². The number of ether oxygens (including phenoxy) is 1. The van der Waals surface area contributed by atoms with Crippen molar-refractivity contribution in [1.29, 1.82) is 5.26 Å². The van der Waals surface area contributed by atoms with Crippen LogP contribution < -0.4 is 4.74 Å². The molecule has 22 heavy (non-hydrogen) atoms. The van der Waals surface area contributed by atoms with E-state index in [1.807, 2.05) is 35.7 Å². The average molecular weight is 327 g/mol. The summed E-state index contributed by atoms with van der Waals surface area (Å²) in [4.78, 5) is 4.55. The van der Waals surface area contributed by atoms with Gasteiger partial charge in [-0.3, -0.25) is 0 Å². The SMILES string of the molecule is N#Cc1cccc(OCc2csc(-c3ccc(Cl)cc3)n2)c1. The topological polar surface area (TPSA) is 45.9 Å². The minimum Gasteiger partial charge on any atom is -0.487 e. The van der Waals surface area contributed by atoms with Gasteiger partial charge in [0.2, 0.25) is 0 Å². The maximum absolute atomic E-state index is 8.87. The number of thiazole rings is 1. The van der Waals surface area contributed by atoms with Crippen molar-refractivity contribution in [3.63, 3.8) is 0 Å². The molecule has 0 atom stereocenters. The molecule has 0 bridgehead atoms. The van der Waals surface area contributed by atoms with Gasteiger partial charge in [0.15, 0.2) is 0 Å². The van der Waals surface area contributed by atoms with Gasteiger partial charge in [-0.05, 0) is 30.3 Å². The van der Waals surface area contributed by atoms with Crippen molar-refractivity contribution in [1.82, 2.24) is 4.98 Å². The zero-order valence-corrected chi connectivity index (χ0v) is 13.1. The predicted molar refractivity (Wildman–Crippen MR) is 88.0 cm³/mol. The van der Waals surface area contributed by atoms with Crippen LogP contribution in [0, 0.1) is 11.3 Å². The standard InChI is InChI=1S/C17H11ClN2OS/c18-14-6-4-13(5-7-14)17-20-15(11-22-17)10-21-16-3-1-2-12(8-16)9-19/h1-8,11H,10H2. The minimum absolute atomic E-state index is 0.374. The summed E-state index contributed by atoms with van der Waals surface area (Å²) in [5.41, 5.74) is 2.47. The van der Waals surface area contributed by atoms with Crippen LogP contribution in [-0.4, -0.2) is 4.98 Å². The Kier molecular flexibility index (Phi) is 4.38. The van der Waals surface area contributed by atoms with E-state index in [2.05, 4.69) is 11.1 Å². The number of hydrogen-bond donors (Lipinski definition) is 0. The zero-order chi connectivity index (χ0) is 15.4. The Labute approximate surface area is 137 Å². The summed E-state index contributed by atoms with van der Waals surface area (Å²) >= 11 is 7.45. The van der Waals surface area contributed by atoms with E-state index < -0.39 is 0 Å². The molecule has 0 N–H and O–H groups in total. The van der Waals surface area contributed by atoms with Gasteiger partial charge in [-0.15, -0.1) is 11.3 Å². The van der Waals surface area contributed by atoms with Gasteiger partial charge in [0.05, 0.1) is 17.3 Å². The molecule has 0 radical (unpaired) electrons. The number of aromatic nitrogens is 1. The number of benzene rings is 2. The molecule has 0 spiro atoms. The van der Waals surface area contributed by atoms with Crippen molar-refractivity contribution in [2.45, 2.75) is 6.61 Å². The first-order valence-electron chi connectivity index (χ1n) is 6.58. The highest BCUT2D eigenvalue weighted by molar-refractivity contribution is 7.13. The summed E-state index contributed by atoms with van der Waals surface area (Å²) in [7, 11) is 0. The van der Waals surface area contributed by atoms with E-state index in [1.54, 1.807) is 29.5 Å². The Balaban J connectivity index is 1.69. The third kappa shape index (κ3) is 3.45. The maximum atomic E-state index is 8.87. The van der Waals surface area contributed by atoms with Gasteiger partial charge < -0.3 is 4.74 Å². The summed E-state index contributed by atoms with van der Waals surface area (Å²) in [6.07, 6.45) is 0. The van der Waals surface area contributed by atoms with Crippen LogP contribution >= 0.6 is 22.9 Å². The van der Waals surface area contributed by atoms with E-state index in [4.69, 9.17) is 21.6 Å². The van der Waals surface area contributed by atoms with Gasteiger partial charge in [-0.2, -0.15) is 5.26 Å². The number of halogens is 1. The van der Waals surface area contributed by atoms with E-state index in [0.717, 1.165) is 16.3 Å². The van der Waals surface area contributed by atoms with Crippen LogP contribution in [0.4, 0.5) is 0 Å². The summed E-state index contributed by atoms with van der Waals surface area (Å²) in [6.45, 7) is 0.374.